The number of rotatable bonds is 5. The molecule has 0 unspecified atom stereocenters. The summed E-state index contributed by atoms with van der Waals surface area (Å²) in [7, 11) is 0. The average Bonchev–Trinajstić information content (AvgIpc) is 2.66. The first-order valence-electron chi connectivity index (χ1n) is 7.95. The van der Waals surface area contributed by atoms with Gasteiger partial charge in [0.2, 0.25) is 0 Å². The molecule has 0 aliphatic rings. The second kappa shape index (κ2) is 7.85. The minimum Gasteiger partial charge on any atom is -0.396 e. The zero-order valence-corrected chi connectivity index (χ0v) is 14.4. The van der Waals surface area contributed by atoms with Gasteiger partial charge < -0.3 is 5.11 Å². The molecule has 0 fully saturated rings. The Morgan fingerprint density at radius 2 is 1.52 bits per heavy atom. The van der Waals surface area contributed by atoms with E-state index >= 15 is 0 Å². The number of nitrogens with zero attached hydrogens (tertiary/aromatic N) is 2. The van der Waals surface area contributed by atoms with Crippen molar-refractivity contribution in [1.29, 1.82) is 10.5 Å². The van der Waals surface area contributed by atoms with E-state index in [0.717, 1.165) is 27.1 Å². The van der Waals surface area contributed by atoms with Crippen LogP contribution >= 0.6 is 11.8 Å². The molecule has 0 heterocycles. The molecule has 0 aliphatic carbocycles. The van der Waals surface area contributed by atoms with E-state index in [9.17, 15) is 10.5 Å². The third-order valence-corrected chi connectivity index (χ3v) is 5.18. The van der Waals surface area contributed by atoms with Crippen LogP contribution in [-0.2, 0) is 5.75 Å². The quantitative estimate of drug-likeness (QED) is 0.527. The summed E-state index contributed by atoms with van der Waals surface area (Å²) in [6, 6.07) is 22.7. The van der Waals surface area contributed by atoms with Gasteiger partial charge in [0.05, 0.1) is 16.5 Å². The number of benzene rings is 3. The van der Waals surface area contributed by atoms with E-state index in [4.69, 9.17) is 5.11 Å². The topological polar surface area (TPSA) is 67.8 Å². The van der Waals surface area contributed by atoms with Crippen molar-refractivity contribution in [2.24, 2.45) is 0 Å². The number of thioether (sulfide) groups is 1. The number of hydrogen-bond acceptors (Lipinski definition) is 4. The fraction of sp³-hybridized carbons (Fsp3) is 0.143. The lowest BCUT2D eigenvalue weighted by Gasteiger charge is -2.11. The van der Waals surface area contributed by atoms with Crippen molar-refractivity contribution in [1.82, 2.24) is 0 Å². The van der Waals surface area contributed by atoms with Gasteiger partial charge in [0, 0.05) is 18.8 Å². The fourth-order valence-electron chi connectivity index (χ4n) is 2.93. The lowest BCUT2D eigenvalue weighted by atomic mass is 9.98. The molecule has 0 saturated heterocycles. The molecular formula is C21H16N2OS. The van der Waals surface area contributed by atoms with Gasteiger partial charge in [-0.3, -0.25) is 0 Å². The zero-order valence-electron chi connectivity index (χ0n) is 13.6. The molecule has 25 heavy (non-hydrogen) atoms. The van der Waals surface area contributed by atoms with Crippen molar-refractivity contribution >= 4 is 33.3 Å². The predicted octanol–water partition coefficient (Wildman–Crippen LogP) is 4.91. The van der Waals surface area contributed by atoms with Gasteiger partial charge in [0.15, 0.2) is 0 Å². The summed E-state index contributed by atoms with van der Waals surface area (Å²) in [5.74, 6) is 0.599. The summed E-state index contributed by atoms with van der Waals surface area (Å²) in [6.07, 6.45) is 0.211. The molecule has 0 aliphatic heterocycles. The monoisotopic (exact) mass is 344 g/mol. The van der Waals surface area contributed by atoms with Crippen LogP contribution < -0.4 is 0 Å². The smallest absolute Gasteiger partial charge is 0.107 e. The van der Waals surface area contributed by atoms with Crippen molar-refractivity contribution in [2.45, 2.75) is 12.2 Å². The number of hydrogen-bond donors (Lipinski definition) is 1. The summed E-state index contributed by atoms with van der Waals surface area (Å²) in [6.45, 7) is -0.133. The summed E-state index contributed by atoms with van der Waals surface area (Å²) >= 11 is 1.36. The average molecular weight is 344 g/mol. The van der Waals surface area contributed by atoms with Gasteiger partial charge in [0.25, 0.3) is 0 Å². The maximum Gasteiger partial charge on any atom is 0.107 e. The van der Waals surface area contributed by atoms with Gasteiger partial charge in [-0.1, -0.05) is 48.5 Å². The van der Waals surface area contributed by atoms with Crippen LogP contribution in [0.2, 0.25) is 0 Å². The van der Waals surface area contributed by atoms with Crippen LogP contribution in [0.25, 0.3) is 21.5 Å². The second-order valence-corrected chi connectivity index (χ2v) is 6.58. The highest BCUT2D eigenvalue weighted by molar-refractivity contribution is 8.02. The van der Waals surface area contributed by atoms with E-state index in [1.807, 2.05) is 30.3 Å². The lowest BCUT2D eigenvalue weighted by Crippen LogP contribution is -1.92. The zero-order chi connectivity index (χ0) is 17.6. The van der Waals surface area contributed by atoms with E-state index in [1.54, 1.807) is 0 Å². The Hall–Kier alpha value is -2.79. The van der Waals surface area contributed by atoms with Crippen molar-refractivity contribution in [3.63, 3.8) is 0 Å². The van der Waals surface area contributed by atoms with Gasteiger partial charge >= 0.3 is 0 Å². The van der Waals surface area contributed by atoms with E-state index < -0.39 is 0 Å². The third-order valence-electron chi connectivity index (χ3n) is 4.12. The second-order valence-electron chi connectivity index (χ2n) is 5.59. The van der Waals surface area contributed by atoms with Gasteiger partial charge in [-0.15, -0.1) is 11.8 Å². The molecule has 0 aromatic heterocycles. The van der Waals surface area contributed by atoms with E-state index in [1.165, 1.54) is 11.8 Å². The van der Waals surface area contributed by atoms with E-state index in [-0.39, 0.29) is 13.0 Å². The molecule has 4 heteroatoms. The number of aliphatic hydroxyl groups excluding tert-OH is 1. The molecular weight excluding hydrogens is 328 g/mol. The van der Waals surface area contributed by atoms with Crippen LogP contribution in [0.1, 0.15) is 12.0 Å². The Kier molecular flexibility index (Phi) is 5.36. The molecule has 3 aromatic rings. The van der Waals surface area contributed by atoms with Crippen LogP contribution in [-0.4, -0.2) is 11.7 Å². The van der Waals surface area contributed by atoms with Crippen LogP contribution in [0.3, 0.4) is 0 Å². The van der Waals surface area contributed by atoms with Crippen molar-refractivity contribution in [2.75, 3.05) is 6.61 Å². The summed E-state index contributed by atoms with van der Waals surface area (Å²) in [5, 5.41) is 32.3. The summed E-state index contributed by atoms with van der Waals surface area (Å²) in [5.41, 5.74) is 1.51. The maximum absolute atomic E-state index is 9.40. The Bertz CT molecular complexity index is 987. The largest absolute Gasteiger partial charge is 0.396 e. The number of nitriles is 2. The number of fused-ring (bicyclic) bond motifs is 2. The number of allylic oxidation sites excluding steroid dienone is 1. The SMILES string of the molecule is N#C/C(CCO)=C(/C#N)SCc1c2ccccc2cc2ccccc12. The van der Waals surface area contributed by atoms with Crippen LogP contribution in [0.15, 0.2) is 65.1 Å². The molecule has 0 saturated carbocycles. The molecule has 0 amide bonds. The van der Waals surface area contributed by atoms with Crippen LogP contribution in [0, 0.1) is 22.7 Å². The highest BCUT2D eigenvalue weighted by atomic mass is 32.2. The van der Waals surface area contributed by atoms with Crippen LogP contribution in [0.5, 0.6) is 0 Å². The molecule has 0 atom stereocenters. The Labute approximate surface area is 150 Å². The van der Waals surface area contributed by atoms with Gasteiger partial charge in [-0.25, -0.2) is 0 Å². The summed E-state index contributed by atoms with van der Waals surface area (Å²) in [4.78, 5) is 0.383. The standard InChI is InChI=1S/C21H16N2OS/c22-12-17(9-10-24)21(13-23)25-14-20-18-7-3-1-5-15(18)11-16-6-2-4-8-19(16)20/h1-8,11,24H,9-10,14H2/b21-17-. The third kappa shape index (κ3) is 3.51. The highest BCUT2D eigenvalue weighted by Gasteiger charge is 2.11. The van der Waals surface area contributed by atoms with Gasteiger partial charge in [-0.05, 0) is 33.2 Å². The Morgan fingerprint density at radius 1 is 0.920 bits per heavy atom. The molecule has 3 rings (SSSR count). The molecule has 0 spiro atoms. The first-order valence-corrected chi connectivity index (χ1v) is 8.93. The Balaban J connectivity index is 2.08. The minimum atomic E-state index is -0.133. The van der Waals surface area contributed by atoms with Crippen molar-refractivity contribution in [3.05, 3.63) is 70.6 Å². The van der Waals surface area contributed by atoms with E-state index in [0.29, 0.717) is 16.2 Å². The fourth-order valence-corrected chi connectivity index (χ4v) is 3.91. The maximum atomic E-state index is 9.40. The van der Waals surface area contributed by atoms with Crippen molar-refractivity contribution < 1.29 is 5.11 Å². The first kappa shape index (κ1) is 17.0. The van der Waals surface area contributed by atoms with Crippen LogP contribution in [0.4, 0.5) is 0 Å². The molecule has 3 aromatic carbocycles. The summed E-state index contributed by atoms with van der Waals surface area (Å²) < 4.78 is 0. The predicted molar refractivity (Wildman–Crippen MR) is 103 cm³/mol. The Morgan fingerprint density at radius 3 is 2.04 bits per heavy atom. The highest BCUT2D eigenvalue weighted by Crippen LogP contribution is 2.34. The van der Waals surface area contributed by atoms with Gasteiger partial charge in [-0.2, -0.15) is 10.5 Å². The molecule has 1 N–H and O–H groups in total. The minimum absolute atomic E-state index is 0.133. The first-order chi connectivity index (χ1) is 12.3. The normalized spacial score (nSPS) is 11.8. The lowest BCUT2D eigenvalue weighted by molar-refractivity contribution is 0.300. The van der Waals surface area contributed by atoms with Gasteiger partial charge in [0.1, 0.15) is 6.07 Å². The van der Waals surface area contributed by atoms with E-state index in [2.05, 4.69) is 36.4 Å². The molecule has 3 nitrogen and oxygen atoms in total. The molecule has 0 radical (unpaired) electrons. The number of aliphatic hydroxyl groups is 1. The molecule has 0 bridgehead atoms. The van der Waals surface area contributed by atoms with Crippen molar-refractivity contribution in [3.8, 4) is 12.1 Å². The molecule has 122 valence electrons.